The van der Waals surface area contributed by atoms with Crippen LogP contribution in [-0.2, 0) is 28.7 Å². The lowest BCUT2D eigenvalue weighted by Gasteiger charge is -2.23. The largest absolute Gasteiger partial charge is 0.494 e. The number of ether oxygens (including phenoxy) is 3. The van der Waals surface area contributed by atoms with Crippen LogP contribution in [0.25, 0.3) is 0 Å². The Morgan fingerprint density at radius 3 is 1.59 bits per heavy atom. The highest BCUT2D eigenvalue weighted by Crippen LogP contribution is 2.19. The number of nitrogens with one attached hydrogen (secondary N) is 3. The van der Waals surface area contributed by atoms with E-state index in [0.29, 0.717) is 74.6 Å². The molecular formula is C38H57F3N4O11. The summed E-state index contributed by atoms with van der Waals surface area (Å²) in [6.45, 7) is 10.0. The van der Waals surface area contributed by atoms with E-state index in [2.05, 4.69) is 16.0 Å². The number of hydrogen-bond donors (Lipinski definition) is 6. The second-order valence-corrected chi connectivity index (χ2v) is 12.6. The van der Waals surface area contributed by atoms with Crippen molar-refractivity contribution in [3.8, 4) is 11.5 Å². The molecule has 2 rings (SSSR count). The van der Waals surface area contributed by atoms with Crippen molar-refractivity contribution in [2.75, 3.05) is 23.8 Å². The van der Waals surface area contributed by atoms with E-state index >= 15 is 0 Å². The predicted molar refractivity (Wildman–Crippen MR) is 205 cm³/mol. The van der Waals surface area contributed by atoms with Crippen LogP contribution in [0.3, 0.4) is 0 Å². The summed E-state index contributed by atoms with van der Waals surface area (Å²) < 4.78 is 47.2. The Bertz CT molecular complexity index is 1500. The van der Waals surface area contributed by atoms with Crippen LogP contribution in [0, 0.1) is 0 Å². The van der Waals surface area contributed by atoms with Crippen molar-refractivity contribution in [3.05, 3.63) is 48.5 Å². The third-order valence-corrected chi connectivity index (χ3v) is 6.59. The van der Waals surface area contributed by atoms with Crippen molar-refractivity contribution in [2.45, 2.75) is 117 Å². The van der Waals surface area contributed by atoms with E-state index in [1.165, 1.54) is 0 Å². The maximum atomic E-state index is 12.7. The average Bonchev–Trinajstić information content (AvgIpc) is 3.08. The first-order valence-corrected chi connectivity index (χ1v) is 17.5. The highest BCUT2D eigenvalue weighted by molar-refractivity contribution is 5.96. The average molecular weight is 803 g/mol. The molecule has 0 aliphatic carbocycles. The summed E-state index contributed by atoms with van der Waals surface area (Å²) in [7, 11) is 0. The fourth-order valence-electron chi connectivity index (χ4n) is 4.24. The van der Waals surface area contributed by atoms with Gasteiger partial charge in [-0.25, -0.2) is 4.79 Å². The molecule has 0 saturated carbocycles. The number of aldehydes is 1. The van der Waals surface area contributed by atoms with Crippen molar-refractivity contribution >= 4 is 47.5 Å². The number of alkyl carbamates (subject to hydrolysis) is 1. The van der Waals surface area contributed by atoms with Gasteiger partial charge in [0.15, 0.2) is 0 Å². The summed E-state index contributed by atoms with van der Waals surface area (Å²) in [5.74, 6) is -1.10. The van der Waals surface area contributed by atoms with Crippen molar-refractivity contribution in [3.63, 3.8) is 0 Å². The molecule has 0 unspecified atom stereocenters. The molecular weight excluding hydrogens is 745 g/mol. The van der Waals surface area contributed by atoms with E-state index < -0.39 is 54.1 Å². The maximum absolute atomic E-state index is 12.7. The van der Waals surface area contributed by atoms with Gasteiger partial charge < -0.3 is 46.1 Å². The standard InChI is InChI=1S/C20H30N2O6.C15H22N2O4.C2HF3O.CH4/c1-5-27-15-10-8-9-14(13-15)21-18(25)16(11-6-7-12-17(23)24)22-19(26)28-20(2,3)4;1-2-21-12-7-5-6-11(10-12)17-15(20)13(16)8-3-4-9-14(18)19;3-2(4,5)1-6;/h8-10,13,16H,5-7,11-12H2,1-4H3,(H,21,25)(H,22,26)(H,23,24);5-7,10,13H,2-4,8-9,16H2,1H3,(H,17,20)(H,18,19);1H;1H4/t16-;13-;;/m00../s1. The number of carbonyl (C=O) groups excluding carboxylic acids is 4. The number of rotatable bonds is 19. The van der Waals surface area contributed by atoms with Gasteiger partial charge in [-0.05, 0) is 84.6 Å². The Kier molecular flexibility index (Phi) is 26.4. The van der Waals surface area contributed by atoms with Crippen LogP contribution in [0.5, 0.6) is 11.5 Å². The summed E-state index contributed by atoms with van der Waals surface area (Å²) in [6, 6.07) is 12.5. The Morgan fingerprint density at radius 1 is 0.768 bits per heavy atom. The molecule has 0 aliphatic heterocycles. The van der Waals surface area contributed by atoms with Crippen molar-refractivity contribution in [1.29, 1.82) is 0 Å². The Labute approximate surface area is 325 Å². The molecule has 0 fully saturated rings. The first kappa shape index (κ1) is 52.7. The number of aliphatic carboxylic acids is 2. The Balaban J connectivity index is 0. The van der Waals surface area contributed by atoms with Crippen LogP contribution in [-0.4, -0.2) is 83.4 Å². The van der Waals surface area contributed by atoms with E-state index in [1.54, 1.807) is 63.2 Å². The number of anilines is 2. The Morgan fingerprint density at radius 2 is 1.20 bits per heavy atom. The Hall–Kier alpha value is -5.39. The lowest BCUT2D eigenvalue weighted by atomic mass is 10.1. The highest BCUT2D eigenvalue weighted by Gasteiger charge is 2.25. The molecule has 0 spiro atoms. The lowest BCUT2D eigenvalue weighted by Crippen LogP contribution is -2.45. The molecule has 0 radical (unpaired) electrons. The van der Waals surface area contributed by atoms with Crippen LogP contribution in [0.4, 0.5) is 29.3 Å². The fourth-order valence-corrected chi connectivity index (χ4v) is 4.24. The van der Waals surface area contributed by atoms with Gasteiger partial charge in [-0.15, -0.1) is 0 Å². The minimum Gasteiger partial charge on any atom is -0.494 e. The van der Waals surface area contributed by atoms with Gasteiger partial charge in [-0.2, -0.15) is 13.2 Å². The maximum Gasteiger partial charge on any atom is 0.446 e. The first-order chi connectivity index (χ1) is 25.7. The molecule has 7 N–H and O–H groups in total. The lowest BCUT2D eigenvalue weighted by molar-refractivity contribution is -0.156. The molecule has 0 bridgehead atoms. The van der Waals surface area contributed by atoms with Crippen molar-refractivity contribution < 1.29 is 66.4 Å². The molecule has 3 amide bonds. The van der Waals surface area contributed by atoms with Gasteiger partial charge in [0.1, 0.15) is 23.1 Å². The molecule has 18 heteroatoms. The highest BCUT2D eigenvalue weighted by atomic mass is 19.4. The van der Waals surface area contributed by atoms with Gasteiger partial charge in [-0.1, -0.05) is 32.4 Å². The number of carboxylic acids is 2. The van der Waals surface area contributed by atoms with Gasteiger partial charge in [0.05, 0.1) is 19.3 Å². The molecule has 316 valence electrons. The second kappa shape index (κ2) is 28.1. The van der Waals surface area contributed by atoms with Gasteiger partial charge in [0.2, 0.25) is 18.1 Å². The van der Waals surface area contributed by atoms with Crippen LogP contribution in [0.1, 0.15) is 93.4 Å². The van der Waals surface area contributed by atoms with E-state index in [4.69, 9.17) is 35.0 Å². The van der Waals surface area contributed by atoms with E-state index in [-0.39, 0.29) is 26.2 Å². The normalized spacial score (nSPS) is 11.6. The zero-order chi connectivity index (χ0) is 42.0. The predicted octanol–water partition coefficient (Wildman–Crippen LogP) is 6.94. The summed E-state index contributed by atoms with van der Waals surface area (Å²) >= 11 is 0. The first-order valence-electron chi connectivity index (χ1n) is 17.5. The van der Waals surface area contributed by atoms with E-state index in [9.17, 15) is 37.1 Å². The molecule has 0 saturated heterocycles. The van der Waals surface area contributed by atoms with E-state index in [0.717, 1.165) is 0 Å². The molecule has 56 heavy (non-hydrogen) atoms. The molecule has 2 aromatic rings. The molecule has 2 atom stereocenters. The second-order valence-electron chi connectivity index (χ2n) is 12.6. The van der Waals surface area contributed by atoms with Crippen LogP contribution >= 0.6 is 0 Å². The zero-order valence-corrected chi connectivity index (χ0v) is 31.7. The fraction of sp³-hybridized carbons (Fsp3) is 0.526. The number of amides is 3. The van der Waals surface area contributed by atoms with Crippen LogP contribution < -0.4 is 31.2 Å². The topological polar surface area (TPSA) is 233 Å². The van der Waals surface area contributed by atoms with Gasteiger partial charge in [0, 0.05) is 36.3 Å². The number of carbonyl (C=O) groups is 6. The minimum absolute atomic E-state index is 0. The number of halogens is 3. The molecule has 15 nitrogen and oxygen atoms in total. The third-order valence-electron chi connectivity index (χ3n) is 6.59. The molecule has 2 aromatic carbocycles. The van der Waals surface area contributed by atoms with Crippen LogP contribution in [0.2, 0.25) is 0 Å². The monoisotopic (exact) mass is 802 g/mol. The minimum atomic E-state index is -4.64. The quantitative estimate of drug-likeness (QED) is 0.0626. The van der Waals surface area contributed by atoms with Crippen molar-refractivity contribution in [1.82, 2.24) is 5.32 Å². The third kappa shape index (κ3) is 28.1. The summed E-state index contributed by atoms with van der Waals surface area (Å²) in [4.78, 5) is 66.4. The molecule has 0 aliphatic rings. The smallest absolute Gasteiger partial charge is 0.446 e. The summed E-state index contributed by atoms with van der Waals surface area (Å²) in [5, 5.41) is 25.3. The number of benzene rings is 2. The number of alkyl halides is 3. The number of unbranched alkanes of at least 4 members (excludes halogenated alkanes) is 2. The molecule has 0 heterocycles. The summed E-state index contributed by atoms with van der Waals surface area (Å²) in [6.07, 6.45) is -3.51. The zero-order valence-electron chi connectivity index (χ0n) is 31.7. The summed E-state index contributed by atoms with van der Waals surface area (Å²) in [5.41, 5.74) is 6.26. The van der Waals surface area contributed by atoms with Gasteiger partial charge in [0.25, 0.3) is 0 Å². The SMILES string of the molecule is C.CCOc1cccc(NC(=O)[C@@H](N)CCCCC(=O)O)c1.CCOc1cccc(NC(=O)[C@H](CCCCC(=O)O)NC(=O)OC(C)(C)C)c1.O=CC(F)(F)F. The van der Waals surface area contributed by atoms with Gasteiger partial charge in [-0.3, -0.25) is 24.0 Å². The number of nitrogens with two attached hydrogens (primary N) is 1. The molecule has 0 aromatic heterocycles. The number of hydrogen-bond acceptors (Lipinski definition) is 10. The van der Waals surface area contributed by atoms with Crippen LogP contribution in [0.15, 0.2) is 48.5 Å². The van der Waals surface area contributed by atoms with Gasteiger partial charge >= 0.3 is 24.2 Å². The van der Waals surface area contributed by atoms with Crippen molar-refractivity contribution in [2.24, 2.45) is 5.73 Å². The van der Waals surface area contributed by atoms with E-state index in [1.807, 2.05) is 19.9 Å². The number of carboxylic acid groups (broad SMARTS) is 2.